The molecule has 5 nitrogen and oxygen atoms in total. The van der Waals surface area contributed by atoms with Gasteiger partial charge in [-0.1, -0.05) is 41.4 Å². The van der Waals surface area contributed by atoms with Crippen LogP contribution in [-0.4, -0.2) is 31.7 Å². The summed E-state index contributed by atoms with van der Waals surface area (Å²) in [5.74, 6) is -1.12. The fraction of sp³-hybridized carbons (Fsp3) is 0.316. The number of amides is 1. The normalized spacial score (nSPS) is 16.1. The SMILES string of the molecule is O=C(Nc1cccc(Cl)c1Cl)C1CCN(S(=O)(=O)Cc2ccc(F)cc2)CC1. The number of rotatable bonds is 5. The summed E-state index contributed by atoms with van der Waals surface area (Å²) in [6.45, 7) is 0.510. The smallest absolute Gasteiger partial charge is 0.227 e. The molecule has 1 saturated heterocycles. The Kier molecular flexibility index (Phi) is 6.60. The summed E-state index contributed by atoms with van der Waals surface area (Å²) >= 11 is 12.0. The number of benzene rings is 2. The number of nitrogens with one attached hydrogen (secondary N) is 1. The molecule has 1 fully saturated rings. The van der Waals surface area contributed by atoms with Crippen molar-refractivity contribution in [2.24, 2.45) is 5.92 Å². The number of hydrogen-bond acceptors (Lipinski definition) is 3. The van der Waals surface area contributed by atoms with Gasteiger partial charge in [0.25, 0.3) is 0 Å². The highest BCUT2D eigenvalue weighted by molar-refractivity contribution is 7.88. The third kappa shape index (κ3) is 5.03. The van der Waals surface area contributed by atoms with Crippen LogP contribution in [0, 0.1) is 11.7 Å². The van der Waals surface area contributed by atoms with Gasteiger partial charge in [-0.3, -0.25) is 4.79 Å². The first-order valence-electron chi connectivity index (χ1n) is 8.73. The first-order chi connectivity index (χ1) is 13.3. The standard InChI is InChI=1S/C19H19Cl2FN2O3S/c20-16-2-1-3-17(18(16)21)23-19(25)14-8-10-24(11-9-14)28(26,27)12-13-4-6-15(22)7-5-13/h1-7,14H,8-12H2,(H,23,25). The van der Waals surface area contributed by atoms with Gasteiger partial charge in [0.2, 0.25) is 15.9 Å². The average Bonchev–Trinajstić information content (AvgIpc) is 2.67. The molecule has 1 N–H and O–H groups in total. The second-order valence-electron chi connectivity index (χ2n) is 6.65. The van der Waals surface area contributed by atoms with Crippen LogP contribution in [0.1, 0.15) is 18.4 Å². The molecule has 2 aromatic rings. The fourth-order valence-corrected chi connectivity index (χ4v) is 5.03. The van der Waals surface area contributed by atoms with Crippen molar-refractivity contribution in [3.63, 3.8) is 0 Å². The number of nitrogens with zero attached hydrogens (tertiary/aromatic N) is 1. The maximum absolute atomic E-state index is 13.0. The molecule has 28 heavy (non-hydrogen) atoms. The van der Waals surface area contributed by atoms with E-state index in [-0.39, 0.29) is 35.7 Å². The lowest BCUT2D eigenvalue weighted by molar-refractivity contribution is -0.120. The lowest BCUT2D eigenvalue weighted by Crippen LogP contribution is -2.41. The maximum Gasteiger partial charge on any atom is 0.227 e. The average molecular weight is 445 g/mol. The molecule has 1 aliphatic rings. The van der Waals surface area contributed by atoms with Crippen molar-refractivity contribution in [3.05, 3.63) is 63.9 Å². The topological polar surface area (TPSA) is 66.5 Å². The van der Waals surface area contributed by atoms with Crippen LogP contribution in [0.5, 0.6) is 0 Å². The van der Waals surface area contributed by atoms with E-state index >= 15 is 0 Å². The number of sulfonamides is 1. The van der Waals surface area contributed by atoms with Crippen molar-refractivity contribution in [2.45, 2.75) is 18.6 Å². The van der Waals surface area contributed by atoms with E-state index in [4.69, 9.17) is 23.2 Å². The number of anilines is 1. The molecule has 0 unspecified atom stereocenters. The van der Waals surface area contributed by atoms with E-state index in [2.05, 4.69) is 5.32 Å². The van der Waals surface area contributed by atoms with Gasteiger partial charge in [0.1, 0.15) is 5.82 Å². The molecule has 0 bridgehead atoms. The molecule has 150 valence electrons. The van der Waals surface area contributed by atoms with E-state index < -0.39 is 15.8 Å². The third-order valence-electron chi connectivity index (χ3n) is 4.69. The molecular formula is C19H19Cl2FN2O3S. The Morgan fingerprint density at radius 1 is 1.11 bits per heavy atom. The van der Waals surface area contributed by atoms with E-state index in [1.165, 1.54) is 28.6 Å². The van der Waals surface area contributed by atoms with Crippen LogP contribution in [0.15, 0.2) is 42.5 Å². The molecule has 9 heteroatoms. The van der Waals surface area contributed by atoms with Gasteiger partial charge in [0, 0.05) is 19.0 Å². The third-order valence-corrected chi connectivity index (χ3v) is 7.36. The molecular weight excluding hydrogens is 426 g/mol. The van der Waals surface area contributed by atoms with Gasteiger partial charge in [-0.15, -0.1) is 0 Å². The van der Waals surface area contributed by atoms with E-state index in [1.54, 1.807) is 18.2 Å². The van der Waals surface area contributed by atoms with Gasteiger partial charge in [-0.05, 0) is 42.7 Å². The number of hydrogen-bond donors (Lipinski definition) is 1. The Labute approximate surface area is 173 Å². The summed E-state index contributed by atoms with van der Waals surface area (Å²) in [4.78, 5) is 12.5. The zero-order valence-electron chi connectivity index (χ0n) is 14.9. The van der Waals surface area contributed by atoms with Gasteiger partial charge in [-0.25, -0.2) is 17.1 Å². The minimum absolute atomic E-state index is 0.192. The minimum atomic E-state index is -3.53. The summed E-state index contributed by atoms with van der Waals surface area (Å²) in [6, 6.07) is 10.4. The number of carbonyl (C=O) groups excluding carboxylic acids is 1. The molecule has 0 aliphatic carbocycles. The molecule has 2 aromatic carbocycles. The molecule has 3 rings (SSSR count). The zero-order valence-corrected chi connectivity index (χ0v) is 17.2. The van der Waals surface area contributed by atoms with E-state index in [0.717, 1.165) is 0 Å². The van der Waals surface area contributed by atoms with Gasteiger partial charge in [0.15, 0.2) is 0 Å². The van der Waals surface area contributed by atoms with Gasteiger partial charge in [0.05, 0.1) is 21.5 Å². The number of halogens is 3. The van der Waals surface area contributed by atoms with Gasteiger partial charge in [-0.2, -0.15) is 0 Å². The maximum atomic E-state index is 13.0. The minimum Gasteiger partial charge on any atom is -0.324 e. The lowest BCUT2D eigenvalue weighted by Gasteiger charge is -2.30. The highest BCUT2D eigenvalue weighted by Gasteiger charge is 2.31. The van der Waals surface area contributed by atoms with Crippen molar-refractivity contribution >= 4 is 44.8 Å². The Hall–Kier alpha value is -1.67. The predicted molar refractivity (Wildman–Crippen MR) is 108 cm³/mol. The Balaban J connectivity index is 1.58. The molecule has 0 spiro atoms. The van der Waals surface area contributed by atoms with Crippen molar-refractivity contribution in [1.29, 1.82) is 0 Å². The summed E-state index contributed by atoms with van der Waals surface area (Å²) in [5, 5.41) is 3.38. The summed E-state index contributed by atoms with van der Waals surface area (Å²) in [7, 11) is -3.53. The molecule has 1 aliphatic heterocycles. The molecule has 0 saturated carbocycles. The van der Waals surface area contributed by atoms with Crippen LogP contribution in [0.2, 0.25) is 10.0 Å². The second-order valence-corrected chi connectivity index (χ2v) is 9.40. The number of piperidine rings is 1. The Morgan fingerprint density at radius 3 is 2.39 bits per heavy atom. The lowest BCUT2D eigenvalue weighted by atomic mass is 9.97. The van der Waals surface area contributed by atoms with Crippen LogP contribution in [0.25, 0.3) is 0 Å². The van der Waals surface area contributed by atoms with Crippen LogP contribution in [0.4, 0.5) is 10.1 Å². The van der Waals surface area contributed by atoms with Crippen LogP contribution in [0.3, 0.4) is 0 Å². The molecule has 0 atom stereocenters. The first-order valence-corrected chi connectivity index (χ1v) is 11.1. The van der Waals surface area contributed by atoms with Crippen LogP contribution < -0.4 is 5.32 Å². The van der Waals surface area contributed by atoms with E-state index in [0.29, 0.717) is 29.1 Å². The Morgan fingerprint density at radius 2 is 1.75 bits per heavy atom. The van der Waals surface area contributed by atoms with E-state index in [9.17, 15) is 17.6 Å². The quantitative estimate of drug-likeness (QED) is 0.746. The predicted octanol–water partition coefficient (Wildman–Crippen LogP) is 4.31. The van der Waals surface area contributed by atoms with Crippen molar-refractivity contribution in [3.8, 4) is 0 Å². The largest absolute Gasteiger partial charge is 0.324 e. The molecule has 1 amide bonds. The highest BCUT2D eigenvalue weighted by atomic mass is 35.5. The van der Waals surface area contributed by atoms with Crippen molar-refractivity contribution < 1.29 is 17.6 Å². The van der Waals surface area contributed by atoms with Crippen LogP contribution in [-0.2, 0) is 20.6 Å². The van der Waals surface area contributed by atoms with Gasteiger partial charge < -0.3 is 5.32 Å². The molecule has 0 aromatic heterocycles. The second kappa shape index (κ2) is 8.78. The van der Waals surface area contributed by atoms with Crippen molar-refractivity contribution in [1.82, 2.24) is 4.31 Å². The monoisotopic (exact) mass is 444 g/mol. The first kappa shape index (κ1) is 21.0. The van der Waals surface area contributed by atoms with Crippen LogP contribution >= 0.6 is 23.2 Å². The number of carbonyl (C=O) groups is 1. The van der Waals surface area contributed by atoms with Gasteiger partial charge >= 0.3 is 0 Å². The highest BCUT2D eigenvalue weighted by Crippen LogP contribution is 2.31. The summed E-state index contributed by atoms with van der Waals surface area (Å²) < 4.78 is 39.5. The zero-order chi connectivity index (χ0) is 20.3. The molecule has 1 heterocycles. The summed E-state index contributed by atoms with van der Waals surface area (Å²) in [6.07, 6.45) is 0.819. The van der Waals surface area contributed by atoms with Crippen molar-refractivity contribution in [2.75, 3.05) is 18.4 Å². The molecule has 0 radical (unpaired) electrons. The fourth-order valence-electron chi connectivity index (χ4n) is 3.11. The van der Waals surface area contributed by atoms with E-state index in [1.807, 2.05) is 0 Å². The summed E-state index contributed by atoms with van der Waals surface area (Å²) in [5.41, 5.74) is 0.961. The Bertz CT molecular complexity index is 960.